The van der Waals surface area contributed by atoms with Gasteiger partial charge in [0.15, 0.2) is 0 Å². The first-order valence-corrected chi connectivity index (χ1v) is 5.19. The van der Waals surface area contributed by atoms with Gasteiger partial charge in [-0.25, -0.2) is 0 Å². The molecule has 1 aromatic carbocycles. The summed E-state index contributed by atoms with van der Waals surface area (Å²) in [5, 5.41) is 13.0. The number of aryl methyl sites for hydroxylation is 1. The van der Waals surface area contributed by atoms with Gasteiger partial charge in [0.1, 0.15) is 6.04 Å². The zero-order valence-electron chi connectivity index (χ0n) is 9.36. The van der Waals surface area contributed by atoms with Crippen LogP contribution in [0.3, 0.4) is 0 Å². The smallest absolute Gasteiger partial charge is 0.121 e. The molecular weight excluding hydrogens is 198 g/mol. The average molecular weight is 211 g/mol. The topological polar surface area (TPSA) is 48.7 Å². The maximum Gasteiger partial charge on any atom is 0.121 e. The van der Waals surface area contributed by atoms with Crippen molar-refractivity contribution in [3.05, 3.63) is 41.6 Å². The quantitative estimate of drug-likeness (QED) is 0.829. The SMILES string of the molecule is CNC(C#N)c1ccc2nc(C)ccc2c1. The van der Waals surface area contributed by atoms with Gasteiger partial charge in [0.25, 0.3) is 0 Å². The second-order valence-corrected chi connectivity index (χ2v) is 3.76. The Kier molecular flexibility index (Phi) is 2.84. The lowest BCUT2D eigenvalue weighted by atomic mass is 10.1. The summed E-state index contributed by atoms with van der Waals surface area (Å²) in [5.41, 5.74) is 2.95. The zero-order valence-corrected chi connectivity index (χ0v) is 9.36. The van der Waals surface area contributed by atoms with Crippen molar-refractivity contribution in [1.82, 2.24) is 10.3 Å². The van der Waals surface area contributed by atoms with Gasteiger partial charge in [-0.05, 0) is 37.7 Å². The third-order valence-electron chi connectivity index (χ3n) is 2.60. The molecule has 16 heavy (non-hydrogen) atoms. The van der Waals surface area contributed by atoms with Gasteiger partial charge in [0.05, 0.1) is 11.6 Å². The molecule has 0 saturated carbocycles. The van der Waals surface area contributed by atoms with Crippen LogP contribution in [0, 0.1) is 18.3 Å². The number of nitrogens with one attached hydrogen (secondary N) is 1. The molecule has 0 fully saturated rings. The molecule has 0 aliphatic carbocycles. The number of benzene rings is 1. The Labute approximate surface area is 94.7 Å². The minimum Gasteiger partial charge on any atom is -0.301 e. The van der Waals surface area contributed by atoms with Gasteiger partial charge < -0.3 is 5.32 Å². The number of nitrogens with zero attached hydrogens (tertiary/aromatic N) is 2. The third-order valence-corrected chi connectivity index (χ3v) is 2.60. The van der Waals surface area contributed by atoms with Crippen LogP contribution < -0.4 is 5.32 Å². The van der Waals surface area contributed by atoms with Gasteiger partial charge in [0, 0.05) is 11.1 Å². The van der Waals surface area contributed by atoms with Crippen LogP contribution >= 0.6 is 0 Å². The zero-order chi connectivity index (χ0) is 11.5. The highest BCUT2D eigenvalue weighted by Crippen LogP contribution is 2.19. The van der Waals surface area contributed by atoms with Crippen molar-refractivity contribution in [3.63, 3.8) is 0 Å². The van der Waals surface area contributed by atoms with Crippen LogP contribution in [0.5, 0.6) is 0 Å². The lowest BCUT2D eigenvalue weighted by molar-refractivity contribution is 0.728. The van der Waals surface area contributed by atoms with E-state index < -0.39 is 0 Å². The molecule has 80 valence electrons. The molecule has 0 radical (unpaired) electrons. The first kappa shape index (κ1) is 10.6. The maximum absolute atomic E-state index is 8.97. The van der Waals surface area contributed by atoms with Crippen LogP contribution in [0.1, 0.15) is 17.3 Å². The second-order valence-electron chi connectivity index (χ2n) is 3.76. The van der Waals surface area contributed by atoms with Crippen molar-refractivity contribution in [2.24, 2.45) is 0 Å². The van der Waals surface area contributed by atoms with Crippen molar-refractivity contribution in [3.8, 4) is 6.07 Å². The van der Waals surface area contributed by atoms with Gasteiger partial charge in [-0.15, -0.1) is 0 Å². The van der Waals surface area contributed by atoms with Crippen LogP contribution in [-0.2, 0) is 0 Å². The van der Waals surface area contributed by atoms with Crippen LogP contribution in [0.15, 0.2) is 30.3 Å². The molecule has 1 aromatic heterocycles. The minimum absolute atomic E-state index is 0.259. The summed E-state index contributed by atoms with van der Waals surface area (Å²) in [6.07, 6.45) is 0. The Hall–Kier alpha value is -1.92. The van der Waals surface area contributed by atoms with E-state index >= 15 is 0 Å². The van der Waals surface area contributed by atoms with Crippen molar-refractivity contribution >= 4 is 10.9 Å². The normalized spacial score (nSPS) is 12.3. The summed E-state index contributed by atoms with van der Waals surface area (Å²) in [6.45, 7) is 1.97. The molecule has 2 aromatic rings. The molecule has 3 heteroatoms. The van der Waals surface area contributed by atoms with Crippen molar-refractivity contribution < 1.29 is 0 Å². The average Bonchev–Trinajstić information content (AvgIpc) is 2.31. The van der Waals surface area contributed by atoms with E-state index in [1.165, 1.54) is 0 Å². The highest BCUT2D eigenvalue weighted by molar-refractivity contribution is 5.79. The Morgan fingerprint density at radius 1 is 1.31 bits per heavy atom. The summed E-state index contributed by atoms with van der Waals surface area (Å²) in [4.78, 5) is 4.42. The van der Waals surface area contributed by atoms with Gasteiger partial charge in [0.2, 0.25) is 0 Å². The third kappa shape index (κ3) is 1.88. The predicted octanol–water partition coefficient (Wildman–Crippen LogP) is 2.33. The minimum atomic E-state index is -0.259. The lowest BCUT2D eigenvalue weighted by Crippen LogP contribution is -2.13. The first-order chi connectivity index (χ1) is 7.74. The molecule has 3 nitrogen and oxygen atoms in total. The summed E-state index contributed by atoms with van der Waals surface area (Å²) in [6, 6.07) is 11.9. The first-order valence-electron chi connectivity index (χ1n) is 5.19. The monoisotopic (exact) mass is 211 g/mol. The number of nitriles is 1. The van der Waals surface area contributed by atoms with Crippen molar-refractivity contribution in [2.45, 2.75) is 13.0 Å². The maximum atomic E-state index is 8.97. The second kappa shape index (κ2) is 4.30. The molecule has 0 aliphatic heterocycles. The van der Waals surface area contributed by atoms with E-state index in [1.54, 1.807) is 7.05 Å². The number of hydrogen-bond donors (Lipinski definition) is 1. The summed E-state index contributed by atoms with van der Waals surface area (Å²) in [5.74, 6) is 0. The predicted molar refractivity (Wildman–Crippen MR) is 63.9 cm³/mol. The van der Waals surface area contributed by atoms with E-state index in [1.807, 2.05) is 37.3 Å². The molecule has 0 saturated heterocycles. The highest BCUT2D eigenvalue weighted by atomic mass is 14.9. The Balaban J connectivity index is 2.53. The van der Waals surface area contributed by atoms with E-state index in [9.17, 15) is 0 Å². The Bertz CT molecular complexity index is 555. The fourth-order valence-electron chi connectivity index (χ4n) is 1.73. The fraction of sp³-hybridized carbons (Fsp3) is 0.231. The van der Waals surface area contributed by atoms with Crippen LogP contribution in [0.4, 0.5) is 0 Å². The largest absolute Gasteiger partial charge is 0.301 e. The summed E-state index contributed by atoms with van der Waals surface area (Å²) >= 11 is 0. The number of fused-ring (bicyclic) bond motifs is 1. The van der Waals surface area contributed by atoms with E-state index in [-0.39, 0.29) is 6.04 Å². The van der Waals surface area contributed by atoms with E-state index in [2.05, 4.69) is 16.4 Å². The molecular formula is C13H13N3. The number of aromatic nitrogens is 1. The van der Waals surface area contributed by atoms with E-state index in [0.717, 1.165) is 22.2 Å². The van der Waals surface area contributed by atoms with Crippen molar-refractivity contribution in [2.75, 3.05) is 7.05 Å². The standard InChI is InChI=1S/C13H13N3/c1-9-3-4-10-7-11(13(8-14)15-2)5-6-12(10)16-9/h3-7,13,15H,1-2H3. The summed E-state index contributed by atoms with van der Waals surface area (Å²) < 4.78 is 0. The van der Waals surface area contributed by atoms with Gasteiger partial charge in [-0.3, -0.25) is 4.98 Å². The fourth-order valence-corrected chi connectivity index (χ4v) is 1.73. The Morgan fingerprint density at radius 2 is 2.12 bits per heavy atom. The number of hydrogen-bond acceptors (Lipinski definition) is 3. The number of rotatable bonds is 2. The van der Waals surface area contributed by atoms with Crippen LogP contribution in [0.2, 0.25) is 0 Å². The van der Waals surface area contributed by atoms with Crippen LogP contribution in [-0.4, -0.2) is 12.0 Å². The number of pyridine rings is 1. The molecule has 1 unspecified atom stereocenters. The molecule has 1 heterocycles. The van der Waals surface area contributed by atoms with Gasteiger partial charge >= 0.3 is 0 Å². The summed E-state index contributed by atoms with van der Waals surface area (Å²) in [7, 11) is 1.78. The molecule has 2 rings (SSSR count). The van der Waals surface area contributed by atoms with Gasteiger partial charge in [-0.1, -0.05) is 12.1 Å². The highest BCUT2D eigenvalue weighted by Gasteiger charge is 2.07. The van der Waals surface area contributed by atoms with E-state index in [4.69, 9.17) is 5.26 Å². The molecule has 0 amide bonds. The molecule has 0 bridgehead atoms. The molecule has 1 N–H and O–H groups in total. The van der Waals surface area contributed by atoms with E-state index in [0.29, 0.717) is 0 Å². The Morgan fingerprint density at radius 3 is 2.81 bits per heavy atom. The van der Waals surface area contributed by atoms with Crippen LogP contribution in [0.25, 0.3) is 10.9 Å². The molecule has 1 atom stereocenters. The molecule has 0 aliphatic rings. The molecule has 0 spiro atoms. The lowest BCUT2D eigenvalue weighted by Gasteiger charge is -2.08. The van der Waals surface area contributed by atoms with Gasteiger partial charge in [-0.2, -0.15) is 5.26 Å². The van der Waals surface area contributed by atoms with Crippen molar-refractivity contribution in [1.29, 1.82) is 5.26 Å².